The number of nitrogens with zero attached hydrogens (tertiary/aromatic N) is 3. The number of hydrogen-bond donors (Lipinski definition) is 0. The molecule has 0 saturated carbocycles. The van der Waals surface area contributed by atoms with Crippen LogP contribution in [0.15, 0.2) is 30.6 Å². The van der Waals surface area contributed by atoms with Gasteiger partial charge in [-0.3, -0.25) is 4.98 Å². The first-order chi connectivity index (χ1) is 10.3. The zero-order valence-electron chi connectivity index (χ0n) is 13.6. The minimum Gasteiger partial charge on any atom is -0.398 e. The summed E-state index contributed by atoms with van der Waals surface area (Å²) in [4.78, 5) is 13.1. The van der Waals surface area contributed by atoms with Crippen molar-refractivity contribution in [1.82, 2.24) is 15.0 Å². The summed E-state index contributed by atoms with van der Waals surface area (Å²) in [6, 6.07) is 5.77. The Labute approximate surface area is 131 Å². The molecule has 6 heteroatoms. The zero-order valence-corrected chi connectivity index (χ0v) is 13.6. The molecule has 1 aliphatic heterocycles. The molecular weight excluding hydrogens is 277 g/mol. The third-order valence-electron chi connectivity index (χ3n) is 4.31. The molecular formula is C16H20BN3O2. The second-order valence-corrected chi connectivity index (χ2v) is 6.56. The van der Waals surface area contributed by atoms with Gasteiger partial charge in [-0.1, -0.05) is 0 Å². The summed E-state index contributed by atoms with van der Waals surface area (Å²) in [7, 11) is -0.484. The van der Waals surface area contributed by atoms with E-state index in [1.807, 2.05) is 52.8 Å². The van der Waals surface area contributed by atoms with Crippen LogP contribution in [0.5, 0.6) is 0 Å². The van der Waals surface area contributed by atoms with Crippen LogP contribution in [0.2, 0.25) is 0 Å². The van der Waals surface area contributed by atoms with E-state index in [0.29, 0.717) is 5.82 Å². The number of hydrogen-bond acceptors (Lipinski definition) is 5. The summed E-state index contributed by atoms with van der Waals surface area (Å²) in [5.74, 6) is 0.686. The average Bonchev–Trinajstić information content (AvgIpc) is 2.68. The van der Waals surface area contributed by atoms with E-state index in [2.05, 4.69) is 15.0 Å². The average molecular weight is 297 g/mol. The molecule has 0 aliphatic carbocycles. The van der Waals surface area contributed by atoms with Crippen LogP contribution in [-0.4, -0.2) is 33.3 Å². The van der Waals surface area contributed by atoms with E-state index in [9.17, 15) is 0 Å². The van der Waals surface area contributed by atoms with E-state index in [0.717, 1.165) is 16.9 Å². The number of aromatic nitrogens is 3. The van der Waals surface area contributed by atoms with Crippen LogP contribution in [-0.2, 0) is 9.31 Å². The van der Waals surface area contributed by atoms with Gasteiger partial charge in [-0.05, 0) is 52.8 Å². The highest BCUT2D eigenvalue weighted by atomic mass is 16.7. The normalized spacial score (nSPS) is 19.4. The van der Waals surface area contributed by atoms with Crippen LogP contribution in [0.4, 0.5) is 0 Å². The largest absolute Gasteiger partial charge is 0.514 e. The summed E-state index contributed by atoms with van der Waals surface area (Å²) in [6.45, 7) is 9.99. The van der Waals surface area contributed by atoms with Crippen molar-refractivity contribution in [3.05, 3.63) is 36.4 Å². The van der Waals surface area contributed by atoms with Gasteiger partial charge in [0.05, 0.1) is 22.5 Å². The van der Waals surface area contributed by atoms with Crippen molar-refractivity contribution >= 4 is 12.7 Å². The monoisotopic (exact) mass is 297 g/mol. The van der Waals surface area contributed by atoms with Gasteiger partial charge >= 0.3 is 7.12 Å². The fraction of sp³-hybridized carbons (Fsp3) is 0.438. The molecule has 0 radical (unpaired) electrons. The van der Waals surface area contributed by atoms with Gasteiger partial charge in [0.2, 0.25) is 0 Å². The molecule has 114 valence electrons. The zero-order chi connectivity index (χ0) is 16.0. The first-order valence-electron chi connectivity index (χ1n) is 7.40. The summed E-state index contributed by atoms with van der Waals surface area (Å²) < 4.78 is 12.1. The van der Waals surface area contributed by atoms with Gasteiger partial charge in [0, 0.05) is 18.0 Å². The van der Waals surface area contributed by atoms with E-state index in [4.69, 9.17) is 9.31 Å². The molecule has 0 amide bonds. The molecule has 0 aromatic carbocycles. The number of aryl methyl sites for hydroxylation is 1. The van der Waals surface area contributed by atoms with Crippen LogP contribution in [0, 0.1) is 6.92 Å². The van der Waals surface area contributed by atoms with E-state index in [1.54, 1.807) is 12.4 Å². The lowest BCUT2D eigenvalue weighted by Crippen LogP contribution is -2.41. The molecule has 1 saturated heterocycles. The highest BCUT2D eigenvalue weighted by molar-refractivity contribution is 6.61. The summed E-state index contributed by atoms with van der Waals surface area (Å²) in [5.41, 5.74) is 1.75. The Balaban J connectivity index is 1.98. The van der Waals surface area contributed by atoms with E-state index >= 15 is 0 Å². The molecule has 3 rings (SSSR count). The minimum atomic E-state index is -0.484. The van der Waals surface area contributed by atoms with Crippen molar-refractivity contribution in [3.8, 4) is 11.3 Å². The molecule has 0 bridgehead atoms. The predicted molar refractivity (Wildman–Crippen MR) is 85.7 cm³/mol. The van der Waals surface area contributed by atoms with Gasteiger partial charge in [0.15, 0.2) is 0 Å². The van der Waals surface area contributed by atoms with Crippen LogP contribution in [0.3, 0.4) is 0 Å². The molecule has 5 nitrogen and oxygen atoms in total. The molecule has 3 heterocycles. The fourth-order valence-electron chi connectivity index (χ4n) is 2.34. The minimum absolute atomic E-state index is 0.384. The van der Waals surface area contributed by atoms with Gasteiger partial charge < -0.3 is 9.31 Å². The topological polar surface area (TPSA) is 57.1 Å². The van der Waals surface area contributed by atoms with Gasteiger partial charge in [-0.15, -0.1) is 0 Å². The molecule has 0 spiro atoms. The molecule has 0 unspecified atom stereocenters. The third kappa shape index (κ3) is 2.64. The van der Waals surface area contributed by atoms with Gasteiger partial charge in [0.25, 0.3) is 0 Å². The van der Waals surface area contributed by atoms with Crippen molar-refractivity contribution in [3.63, 3.8) is 0 Å². The van der Waals surface area contributed by atoms with Crippen molar-refractivity contribution in [2.45, 2.75) is 45.8 Å². The van der Waals surface area contributed by atoms with E-state index < -0.39 is 7.12 Å². The van der Waals surface area contributed by atoms with Crippen molar-refractivity contribution in [2.24, 2.45) is 0 Å². The molecule has 0 N–H and O–H groups in total. The summed E-state index contributed by atoms with van der Waals surface area (Å²) in [6.07, 6.45) is 3.53. The van der Waals surface area contributed by atoms with Crippen LogP contribution >= 0.6 is 0 Å². The van der Waals surface area contributed by atoms with Crippen molar-refractivity contribution < 1.29 is 9.31 Å². The third-order valence-corrected chi connectivity index (χ3v) is 4.31. The first-order valence-corrected chi connectivity index (χ1v) is 7.40. The lowest BCUT2D eigenvalue weighted by Gasteiger charge is -2.32. The van der Waals surface area contributed by atoms with Crippen molar-refractivity contribution in [2.75, 3.05) is 0 Å². The fourth-order valence-corrected chi connectivity index (χ4v) is 2.34. The Morgan fingerprint density at radius 3 is 2.32 bits per heavy atom. The van der Waals surface area contributed by atoms with Crippen LogP contribution < -0.4 is 5.59 Å². The smallest absolute Gasteiger partial charge is 0.398 e. The lowest BCUT2D eigenvalue weighted by atomic mass is 9.83. The van der Waals surface area contributed by atoms with Crippen LogP contribution in [0.1, 0.15) is 33.5 Å². The molecule has 2 aromatic rings. The summed E-state index contributed by atoms with van der Waals surface area (Å²) in [5, 5.41) is 0. The maximum absolute atomic E-state index is 6.07. The van der Waals surface area contributed by atoms with E-state index in [1.165, 1.54) is 0 Å². The molecule has 0 atom stereocenters. The molecule has 2 aromatic heterocycles. The summed E-state index contributed by atoms with van der Waals surface area (Å²) >= 11 is 0. The maximum atomic E-state index is 6.07. The SMILES string of the molecule is Cc1nc(B2OC(C)(C)C(C)(C)O2)cc(-c2cccnc2)n1. The van der Waals surface area contributed by atoms with Crippen molar-refractivity contribution in [1.29, 1.82) is 0 Å². The Bertz CT molecular complexity index is 673. The Hall–Kier alpha value is -1.79. The molecule has 1 fully saturated rings. The van der Waals surface area contributed by atoms with Gasteiger partial charge in [-0.25, -0.2) is 9.97 Å². The highest BCUT2D eigenvalue weighted by Crippen LogP contribution is 2.36. The first kappa shape index (κ1) is 15.1. The second kappa shape index (κ2) is 5.14. The standard InChI is InChI=1S/C16H20BN3O2/c1-11-19-13(12-7-6-8-18-10-12)9-14(20-11)17-21-15(2,3)16(4,5)22-17/h6-10H,1-5H3. The van der Waals surface area contributed by atoms with E-state index in [-0.39, 0.29) is 11.2 Å². The number of pyridine rings is 1. The quantitative estimate of drug-likeness (QED) is 0.795. The van der Waals surface area contributed by atoms with Gasteiger partial charge in [-0.2, -0.15) is 0 Å². The maximum Gasteiger partial charge on any atom is 0.514 e. The van der Waals surface area contributed by atoms with Gasteiger partial charge in [0.1, 0.15) is 5.82 Å². The Morgan fingerprint density at radius 1 is 1.05 bits per heavy atom. The molecule has 1 aliphatic rings. The second-order valence-electron chi connectivity index (χ2n) is 6.56. The van der Waals surface area contributed by atoms with Crippen LogP contribution in [0.25, 0.3) is 11.3 Å². The molecule has 22 heavy (non-hydrogen) atoms. The Morgan fingerprint density at radius 2 is 1.73 bits per heavy atom. The lowest BCUT2D eigenvalue weighted by molar-refractivity contribution is 0.00578. The Kier molecular flexibility index (Phi) is 3.53. The highest BCUT2D eigenvalue weighted by Gasteiger charge is 2.52. The number of rotatable bonds is 2. The predicted octanol–water partition coefficient (Wildman–Crippen LogP) is 2.15.